The van der Waals surface area contributed by atoms with E-state index in [2.05, 4.69) is 7.85 Å². The Morgan fingerprint density at radius 1 is 0.941 bits per heavy atom. The highest BCUT2D eigenvalue weighted by molar-refractivity contribution is 6.11. The summed E-state index contributed by atoms with van der Waals surface area (Å²) < 4.78 is 12.8. The van der Waals surface area contributed by atoms with Gasteiger partial charge in [-0.25, -0.2) is 4.39 Å². The van der Waals surface area contributed by atoms with Crippen molar-refractivity contribution in [3.8, 4) is 0 Å². The first-order valence-electron chi connectivity index (χ1n) is 7.49. The first kappa shape index (κ1) is 13.2. The van der Waals surface area contributed by atoms with E-state index in [1.165, 1.54) is 51.4 Å². The summed E-state index contributed by atoms with van der Waals surface area (Å²) in [4.78, 5) is 0. The molecule has 2 saturated carbocycles. The molecule has 2 aliphatic rings. The Labute approximate surface area is 106 Å². The third-order valence-electron chi connectivity index (χ3n) is 5.01. The molecular weight excluding hydrogens is 210 g/mol. The molecule has 2 heteroatoms. The molecule has 0 N–H and O–H groups in total. The van der Waals surface area contributed by atoms with Gasteiger partial charge in [-0.05, 0) is 50.4 Å². The van der Waals surface area contributed by atoms with E-state index in [1.807, 2.05) is 6.08 Å². The Bertz CT molecular complexity index is 254. The van der Waals surface area contributed by atoms with E-state index in [0.717, 1.165) is 17.7 Å². The van der Waals surface area contributed by atoms with Crippen molar-refractivity contribution in [2.24, 2.45) is 17.8 Å². The molecule has 0 aromatic rings. The SMILES string of the molecule is BC1CCC(C2CCC(/C=C(/C)F)CC2)CC1. The molecule has 2 fully saturated rings. The lowest BCUT2D eigenvalue weighted by molar-refractivity contribution is 0.179. The van der Waals surface area contributed by atoms with E-state index in [0.29, 0.717) is 5.92 Å². The Balaban J connectivity index is 1.77. The van der Waals surface area contributed by atoms with E-state index >= 15 is 0 Å². The first-order chi connectivity index (χ1) is 8.15. The van der Waals surface area contributed by atoms with Gasteiger partial charge in [0.2, 0.25) is 0 Å². The topological polar surface area (TPSA) is 0 Å². The second kappa shape index (κ2) is 6.06. The van der Waals surface area contributed by atoms with Crippen LogP contribution in [0, 0.1) is 17.8 Å². The minimum absolute atomic E-state index is 0.0138. The van der Waals surface area contributed by atoms with Crippen LogP contribution in [0.15, 0.2) is 11.9 Å². The van der Waals surface area contributed by atoms with Crippen LogP contribution in [0.4, 0.5) is 4.39 Å². The van der Waals surface area contributed by atoms with Crippen molar-refractivity contribution in [2.75, 3.05) is 0 Å². The second-order valence-electron chi connectivity index (χ2n) is 6.45. The molecule has 17 heavy (non-hydrogen) atoms. The van der Waals surface area contributed by atoms with Gasteiger partial charge in [-0.2, -0.15) is 0 Å². The lowest BCUT2D eigenvalue weighted by Gasteiger charge is -2.36. The third-order valence-corrected chi connectivity index (χ3v) is 5.01. The van der Waals surface area contributed by atoms with Crippen molar-refractivity contribution in [3.63, 3.8) is 0 Å². The molecule has 2 rings (SSSR count). The lowest BCUT2D eigenvalue weighted by Crippen LogP contribution is -2.24. The highest BCUT2D eigenvalue weighted by atomic mass is 19.1. The van der Waals surface area contributed by atoms with Gasteiger partial charge in [-0.15, -0.1) is 0 Å². The van der Waals surface area contributed by atoms with Gasteiger partial charge in [0.25, 0.3) is 0 Å². The van der Waals surface area contributed by atoms with Gasteiger partial charge in [0.1, 0.15) is 7.85 Å². The molecule has 0 heterocycles. The summed E-state index contributed by atoms with van der Waals surface area (Å²) in [6.07, 6.45) is 12.8. The van der Waals surface area contributed by atoms with Crippen LogP contribution in [-0.2, 0) is 0 Å². The largest absolute Gasteiger partial charge is 0.212 e. The molecule has 0 radical (unpaired) electrons. The van der Waals surface area contributed by atoms with Crippen LogP contribution in [0.5, 0.6) is 0 Å². The molecule has 0 amide bonds. The number of hydrogen-bond donors (Lipinski definition) is 0. The highest BCUT2D eigenvalue weighted by Gasteiger charge is 2.29. The van der Waals surface area contributed by atoms with Gasteiger partial charge >= 0.3 is 0 Å². The molecule has 0 aromatic carbocycles. The Kier molecular flexibility index (Phi) is 4.70. The number of rotatable bonds is 2. The highest BCUT2D eigenvalue weighted by Crippen LogP contribution is 2.42. The Hall–Kier alpha value is -0.265. The minimum atomic E-state index is 0.0138. The van der Waals surface area contributed by atoms with Crippen LogP contribution >= 0.6 is 0 Å². The van der Waals surface area contributed by atoms with E-state index in [9.17, 15) is 4.39 Å². The molecule has 0 aliphatic heterocycles. The van der Waals surface area contributed by atoms with Crippen LogP contribution in [0.3, 0.4) is 0 Å². The molecule has 0 aromatic heterocycles. The van der Waals surface area contributed by atoms with Crippen molar-refractivity contribution in [3.05, 3.63) is 11.9 Å². The van der Waals surface area contributed by atoms with E-state index < -0.39 is 0 Å². The summed E-state index contributed by atoms with van der Waals surface area (Å²) >= 11 is 0. The van der Waals surface area contributed by atoms with Gasteiger partial charge in [-0.1, -0.05) is 37.6 Å². The lowest BCUT2D eigenvalue weighted by atomic mass is 9.65. The van der Waals surface area contributed by atoms with Crippen LogP contribution in [-0.4, -0.2) is 7.85 Å². The summed E-state index contributed by atoms with van der Waals surface area (Å²) in [6.45, 7) is 1.58. The summed E-state index contributed by atoms with van der Waals surface area (Å²) in [5.41, 5.74) is 0. The minimum Gasteiger partial charge on any atom is -0.212 e. The van der Waals surface area contributed by atoms with Gasteiger partial charge in [0.15, 0.2) is 0 Å². The zero-order chi connectivity index (χ0) is 12.3. The fourth-order valence-corrected chi connectivity index (χ4v) is 3.87. The maximum Gasteiger partial charge on any atom is 0.105 e. The Morgan fingerprint density at radius 3 is 1.88 bits per heavy atom. The quantitative estimate of drug-likeness (QED) is 0.628. The standard InChI is InChI=1S/C15H26BF/c1-11(17)10-12-2-4-13(5-3-12)14-6-8-15(16)9-7-14/h10,12-15H,2-9,16H2,1H3/b11-10-. The van der Waals surface area contributed by atoms with Crippen molar-refractivity contribution >= 4 is 7.85 Å². The van der Waals surface area contributed by atoms with E-state index in [4.69, 9.17) is 0 Å². The van der Waals surface area contributed by atoms with Crippen molar-refractivity contribution in [2.45, 2.75) is 64.1 Å². The van der Waals surface area contributed by atoms with E-state index in [1.54, 1.807) is 6.92 Å². The van der Waals surface area contributed by atoms with Gasteiger partial charge in [0.05, 0.1) is 5.83 Å². The summed E-state index contributed by atoms with van der Waals surface area (Å²) in [6, 6.07) is 0. The van der Waals surface area contributed by atoms with Crippen LogP contribution in [0.25, 0.3) is 0 Å². The number of hydrogen-bond acceptors (Lipinski definition) is 0. The molecule has 0 unspecified atom stereocenters. The molecule has 0 nitrogen and oxygen atoms in total. The molecule has 2 aliphatic carbocycles. The molecular formula is C15H26BF. The fourth-order valence-electron chi connectivity index (χ4n) is 3.87. The summed E-state index contributed by atoms with van der Waals surface area (Å²) in [5, 5.41) is 0. The molecule has 96 valence electrons. The summed E-state index contributed by atoms with van der Waals surface area (Å²) in [7, 11) is 2.39. The normalized spacial score (nSPS) is 40.2. The van der Waals surface area contributed by atoms with Crippen molar-refractivity contribution in [1.82, 2.24) is 0 Å². The first-order valence-corrected chi connectivity index (χ1v) is 7.49. The van der Waals surface area contributed by atoms with Gasteiger partial charge in [-0.3, -0.25) is 0 Å². The van der Waals surface area contributed by atoms with Gasteiger partial charge < -0.3 is 0 Å². The van der Waals surface area contributed by atoms with Crippen LogP contribution < -0.4 is 0 Å². The molecule has 0 saturated heterocycles. The van der Waals surface area contributed by atoms with Crippen LogP contribution in [0.1, 0.15) is 58.3 Å². The average molecular weight is 236 g/mol. The molecule has 0 atom stereocenters. The average Bonchev–Trinajstić information content (AvgIpc) is 2.30. The van der Waals surface area contributed by atoms with Crippen LogP contribution in [0.2, 0.25) is 5.82 Å². The maximum absolute atomic E-state index is 12.8. The smallest absolute Gasteiger partial charge is 0.105 e. The van der Waals surface area contributed by atoms with E-state index in [-0.39, 0.29) is 5.83 Å². The molecule has 0 bridgehead atoms. The molecule has 0 spiro atoms. The zero-order valence-corrected chi connectivity index (χ0v) is 11.4. The third kappa shape index (κ3) is 3.86. The van der Waals surface area contributed by atoms with Crippen molar-refractivity contribution in [1.29, 1.82) is 0 Å². The number of halogens is 1. The predicted octanol–water partition coefficient (Wildman–Crippen LogP) is 4.28. The second-order valence-corrected chi connectivity index (χ2v) is 6.45. The zero-order valence-electron chi connectivity index (χ0n) is 11.4. The Morgan fingerprint density at radius 2 is 1.41 bits per heavy atom. The number of allylic oxidation sites excluding steroid dienone is 2. The predicted molar refractivity (Wildman–Crippen MR) is 74.6 cm³/mol. The fraction of sp³-hybridized carbons (Fsp3) is 0.867. The maximum atomic E-state index is 12.8. The van der Waals surface area contributed by atoms with Gasteiger partial charge in [0, 0.05) is 0 Å². The van der Waals surface area contributed by atoms with Crippen molar-refractivity contribution < 1.29 is 4.39 Å². The summed E-state index contributed by atoms with van der Waals surface area (Å²) in [5.74, 6) is 3.44. The monoisotopic (exact) mass is 236 g/mol.